The minimum Gasteiger partial charge on any atom is -0.319 e. The van der Waals surface area contributed by atoms with Crippen LogP contribution in [-0.2, 0) is 5.41 Å². The van der Waals surface area contributed by atoms with Crippen molar-refractivity contribution in [1.82, 2.24) is 10.2 Å². The molecule has 2 nitrogen and oxygen atoms in total. The minimum atomic E-state index is 0. The summed E-state index contributed by atoms with van der Waals surface area (Å²) in [5, 5.41) is 3.31. The zero-order chi connectivity index (χ0) is 14.8. The van der Waals surface area contributed by atoms with Crippen molar-refractivity contribution in [2.75, 3.05) is 26.7 Å². The van der Waals surface area contributed by atoms with E-state index in [-0.39, 0.29) is 17.8 Å². The highest BCUT2D eigenvalue weighted by Crippen LogP contribution is 2.29. The lowest BCUT2D eigenvalue weighted by molar-refractivity contribution is 0.252. The molecule has 120 valence electrons. The lowest BCUT2D eigenvalue weighted by Crippen LogP contribution is -2.27. The van der Waals surface area contributed by atoms with Crippen LogP contribution in [0.15, 0.2) is 24.3 Å². The van der Waals surface area contributed by atoms with Crippen molar-refractivity contribution in [3.8, 4) is 0 Å². The summed E-state index contributed by atoms with van der Waals surface area (Å²) < 4.78 is 0. The summed E-state index contributed by atoms with van der Waals surface area (Å²) in [7, 11) is 2.05. The van der Waals surface area contributed by atoms with Gasteiger partial charge in [0.25, 0.3) is 0 Å². The highest BCUT2D eigenvalue weighted by atomic mass is 35.5. The molecule has 2 atom stereocenters. The minimum absolute atomic E-state index is 0. The second-order valence-electron chi connectivity index (χ2n) is 7.26. The fourth-order valence-electron chi connectivity index (χ4n) is 3.14. The van der Waals surface area contributed by atoms with Gasteiger partial charge in [0.2, 0.25) is 0 Å². The third kappa shape index (κ3) is 4.70. The van der Waals surface area contributed by atoms with Gasteiger partial charge in [-0.25, -0.2) is 0 Å². The Morgan fingerprint density at radius 1 is 1.24 bits per heavy atom. The highest BCUT2D eigenvalue weighted by molar-refractivity contribution is 5.85. The normalized spacial score (nSPS) is 21.1. The van der Waals surface area contributed by atoms with E-state index in [0.29, 0.717) is 6.04 Å². The Kier molecular flexibility index (Phi) is 6.71. The number of halogens is 1. The summed E-state index contributed by atoms with van der Waals surface area (Å²) in [5.74, 6) is 0.816. The van der Waals surface area contributed by atoms with Gasteiger partial charge in [0.05, 0.1) is 0 Å². The van der Waals surface area contributed by atoms with E-state index < -0.39 is 0 Å². The van der Waals surface area contributed by atoms with Crippen LogP contribution in [0.5, 0.6) is 0 Å². The average molecular weight is 311 g/mol. The Morgan fingerprint density at radius 3 is 2.38 bits per heavy atom. The van der Waals surface area contributed by atoms with Gasteiger partial charge < -0.3 is 5.32 Å². The monoisotopic (exact) mass is 310 g/mol. The van der Waals surface area contributed by atoms with Gasteiger partial charge in [-0.05, 0) is 55.9 Å². The van der Waals surface area contributed by atoms with Gasteiger partial charge in [-0.1, -0.05) is 45.0 Å². The van der Waals surface area contributed by atoms with E-state index >= 15 is 0 Å². The molecular formula is C18H31ClN2. The lowest BCUT2D eigenvalue weighted by atomic mass is 9.86. The number of nitrogens with zero attached hydrogens (tertiary/aromatic N) is 1. The van der Waals surface area contributed by atoms with Crippen molar-refractivity contribution < 1.29 is 0 Å². The molecule has 0 aliphatic carbocycles. The molecule has 0 spiro atoms. The number of likely N-dealkylation sites (tertiary alicyclic amines) is 1. The molecule has 0 bridgehead atoms. The Bertz CT molecular complexity index is 422. The number of nitrogens with one attached hydrogen (secondary N) is 1. The van der Waals surface area contributed by atoms with Crippen molar-refractivity contribution in [1.29, 1.82) is 0 Å². The summed E-state index contributed by atoms with van der Waals surface area (Å²) in [4.78, 5) is 2.62. The van der Waals surface area contributed by atoms with Crippen LogP contribution in [0.3, 0.4) is 0 Å². The summed E-state index contributed by atoms with van der Waals surface area (Å²) in [6, 6.07) is 9.76. The van der Waals surface area contributed by atoms with Gasteiger partial charge in [-0.15, -0.1) is 12.4 Å². The molecule has 0 saturated carbocycles. The number of rotatable bonds is 4. The molecule has 1 heterocycles. The SMILES string of the molecule is CNCC1CCN(C(C)c2ccc(C(C)(C)C)cc2)C1.Cl. The predicted molar refractivity (Wildman–Crippen MR) is 94.4 cm³/mol. The molecule has 3 heteroatoms. The van der Waals surface area contributed by atoms with Gasteiger partial charge in [0, 0.05) is 12.6 Å². The summed E-state index contributed by atoms with van der Waals surface area (Å²) >= 11 is 0. The topological polar surface area (TPSA) is 15.3 Å². The van der Waals surface area contributed by atoms with Crippen LogP contribution in [0.1, 0.15) is 51.3 Å². The Balaban J connectivity index is 0.00000220. The molecule has 0 aromatic heterocycles. The van der Waals surface area contributed by atoms with E-state index in [0.717, 1.165) is 12.5 Å². The molecule has 2 unspecified atom stereocenters. The third-order valence-corrected chi connectivity index (χ3v) is 4.62. The molecule has 2 rings (SSSR count). The second-order valence-corrected chi connectivity index (χ2v) is 7.26. The first kappa shape index (κ1) is 18.5. The van der Waals surface area contributed by atoms with Crippen LogP contribution in [0.2, 0.25) is 0 Å². The largest absolute Gasteiger partial charge is 0.319 e. The van der Waals surface area contributed by atoms with E-state index in [2.05, 4.69) is 69.2 Å². The molecule has 1 aliphatic rings. The van der Waals surface area contributed by atoms with Gasteiger partial charge in [-0.2, -0.15) is 0 Å². The van der Waals surface area contributed by atoms with E-state index in [1.54, 1.807) is 0 Å². The first-order valence-corrected chi connectivity index (χ1v) is 7.91. The van der Waals surface area contributed by atoms with E-state index in [9.17, 15) is 0 Å². The molecule has 1 saturated heterocycles. The van der Waals surface area contributed by atoms with E-state index in [1.165, 1.54) is 30.6 Å². The molecule has 21 heavy (non-hydrogen) atoms. The zero-order valence-corrected chi connectivity index (χ0v) is 15.0. The van der Waals surface area contributed by atoms with Crippen LogP contribution in [-0.4, -0.2) is 31.6 Å². The second kappa shape index (κ2) is 7.62. The Labute approximate surface area is 136 Å². The fourth-order valence-corrected chi connectivity index (χ4v) is 3.14. The molecule has 1 N–H and O–H groups in total. The molecule has 1 aromatic carbocycles. The molecule has 1 aromatic rings. The van der Waals surface area contributed by atoms with Crippen molar-refractivity contribution >= 4 is 12.4 Å². The maximum absolute atomic E-state index is 3.31. The van der Waals surface area contributed by atoms with Crippen LogP contribution in [0.4, 0.5) is 0 Å². The lowest BCUT2D eigenvalue weighted by Gasteiger charge is -2.26. The average Bonchev–Trinajstić information content (AvgIpc) is 2.86. The molecular weight excluding hydrogens is 280 g/mol. The van der Waals surface area contributed by atoms with Crippen molar-refractivity contribution in [2.45, 2.75) is 45.6 Å². The standard InChI is InChI=1S/C18H30N2.ClH/c1-14(20-11-10-15(13-20)12-19-5)16-6-8-17(9-7-16)18(2,3)4;/h6-9,14-15,19H,10-13H2,1-5H3;1H. The van der Waals surface area contributed by atoms with Crippen LogP contribution in [0, 0.1) is 5.92 Å². The van der Waals surface area contributed by atoms with Gasteiger partial charge in [0.1, 0.15) is 0 Å². The van der Waals surface area contributed by atoms with Crippen LogP contribution >= 0.6 is 12.4 Å². The summed E-state index contributed by atoms with van der Waals surface area (Å²) in [6.07, 6.45) is 1.32. The van der Waals surface area contributed by atoms with Crippen LogP contribution < -0.4 is 5.32 Å². The summed E-state index contributed by atoms with van der Waals surface area (Å²) in [6.45, 7) is 12.8. The number of benzene rings is 1. The molecule has 1 fully saturated rings. The Morgan fingerprint density at radius 2 is 1.86 bits per heavy atom. The third-order valence-electron chi connectivity index (χ3n) is 4.62. The number of hydrogen-bond donors (Lipinski definition) is 1. The maximum Gasteiger partial charge on any atom is 0.0320 e. The molecule has 0 radical (unpaired) electrons. The van der Waals surface area contributed by atoms with Gasteiger partial charge >= 0.3 is 0 Å². The highest BCUT2D eigenvalue weighted by Gasteiger charge is 2.26. The smallest absolute Gasteiger partial charge is 0.0320 e. The summed E-state index contributed by atoms with van der Waals surface area (Å²) in [5.41, 5.74) is 3.11. The van der Waals surface area contributed by atoms with Gasteiger partial charge in [-0.3, -0.25) is 4.90 Å². The first-order valence-electron chi connectivity index (χ1n) is 7.91. The fraction of sp³-hybridized carbons (Fsp3) is 0.667. The maximum atomic E-state index is 3.31. The quantitative estimate of drug-likeness (QED) is 0.904. The van der Waals surface area contributed by atoms with Crippen molar-refractivity contribution in [3.05, 3.63) is 35.4 Å². The van der Waals surface area contributed by atoms with Gasteiger partial charge in [0.15, 0.2) is 0 Å². The molecule has 1 aliphatic heterocycles. The molecule has 0 amide bonds. The van der Waals surface area contributed by atoms with Crippen molar-refractivity contribution in [2.24, 2.45) is 5.92 Å². The van der Waals surface area contributed by atoms with E-state index in [4.69, 9.17) is 0 Å². The zero-order valence-electron chi connectivity index (χ0n) is 14.1. The first-order chi connectivity index (χ1) is 9.41. The van der Waals surface area contributed by atoms with Crippen LogP contribution in [0.25, 0.3) is 0 Å². The van der Waals surface area contributed by atoms with E-state index in [1.807, 2.05) is 0 Å². The van der Waals surface area contributed by atoms with Crippen molar-refractivity contribution in [3.63, 3.8) is 0 Å². The Hall–Kier alpha value is -0.570. The number of hydrogen-bond acceptors (Lipinski definition) is 2. The predicted octanol–water partition coefficient (Wildman–Crippen LogP) is 4.01.